The molecule has 1 saturated carbocycles. The van der Waals surface area contributed by atoms with Crippen molar-refractivity contribution >= 4 is 33.8 Å². The third-order valence-corrected chi connectivity index (χ3v) is 6.13. The largest absolute Gasteiger partial charge is 0.434 e. The Morgan fingerprint density at radius 1 is 1.27 bits per heavy atom. The monoisotopic (exact) mass is 438 g/mol. The van der Waals surface area contributed by atoms with Gasteiger partial charge >= 0.3 is 6.18 Å². The van der Waals surface area contributed by atoms with Crippen LogP contribution in [0, 0.1) is 0 Å². The van der Waals surface area contributed by atoms with Crippen LogP contribution in [0.15, 0.2) is 29.8 Å². The van der Waals surface area contributed by atoms with Gasteiger partial charge in [-0.2, -0.15) is 13.2 Å². The van der Waals surface area contributed by atoms with E-state index in [1.165, 1.54) is 15.7 Å². The first-order valence-corrected chi connectivity index (χ1v) is 10.4. The van der Waals surface area contributed by atoms with E-state index in [4.69, 9.17) is 5.73 Å². The van der Waals surface area contributed by atoms with Gasteiger partial charge in [0.1, 0.15) is 17.2 Å². The van der Waals surface area contributed by atoms with Crippen LogP contribution >= 0.6 is 11.3 Å². The van der Waals surface area contributed by atoms with Crippen molar-refractivity contribution in [1.82, 2.24) is 19.7 Å². The Morgan fingerprint density at radius 3 is 2.63 bits per heavy atom. The molecule has 1 amide bonds. The highest BCUT2D eigenvalue weighted by Gasteiger charge is 2.34. The van der Waals surface area contributed by atoms with Gasteiger partial charge in [-0.3, -0.25) is 9.20 Å². The lowest BCUT2D eigenvalue weighted by molar-refractivity contribution is -0.140. The van der Waals surface area contributed by atoms with Crippen LogP contribution in [-0.4, -0.2) is 39.4 Å². The fraction of sp³-hybridized carbons (Fsp3) is 0.421. The van der Waals surface area contributed by atoms with Crippen LogP contribution in [0.1, 0.15) is 41.9 Å². The molecule has 1 aliphatic rings. The van der Waals surface area contributed by atoms with Crippen LogP contribution in [0.4, 0.5) is 24.1 Å². The number of thiazole rings is 1. The smallest absolute Gasteiger partial charge is 0.375 e. The molecule has 3 N–H and O–H groups in total. The minimum absolute atomic E-state index is 0.0333. The molecule has 0 atom stereocenters. The molecule has 3 aromatic rings. The molecule has 3 heterocycles. The number of fused-ring (bicyclic) bond motifs is 1. The number of hydrogen-bond donors (Lipinski definition) is 2. The van der Waals surface area contributed by atoms with Crippen molar-refractivity contribution in [2.45, 2.75) is 43.9 Å². The topological polar surface area (TPSA) is 88.5 Å². The Balaban J connectivity index is 1.42. The van der Waals surface area contributed by atoms with Gasteiger partial charge in [-0.1, -0.05) is 6.07 Å². The van der Waals surface area contributed by atoms with E-state index in [1.54, 1.807) is 23.6 Å². The van der Waals surface area contributed by atoms with E-state index in [0.717, 1.165) is 31.9 Å². The highest BCUT2D eigenvalue weighted by atomic mass is 32.1. The molecule has 0 aromatic carbocycles. The summed E-state index contributed by atoms with van der Waals surface area (Å²) in [5, 5.41) is 4.97. The summed E-state index contributed by atoms with van der Waals surface area (Å²) < 4.78 is 40.6. The second-order valence-electron chi connectivity index (χ2n) is 7.40. The van der Waals surface area contributed by atoms with Crippen molar-refractivity contribution < 1.29 is 18.0 Å². The number of carbonyl (C=O) groups excluding carboxylic acids is 1. The minimum atomic E-state index is -4.49. The van der Waals surface area contributed by atoms with Crippen molar-refractivity contribution in [3.8, 4) is 0 Å². The zero-order valence-electron chi connectivity index (χ0n) is 16.2. The molecule has 7 nitrogen and oxygen atoms in total. The van der Waals surface area contributed by atoms with Crippen LogP contribution in [0.3, 0.4) is 0 Å². The summed E-state index contributed by atoms with van der Waals surface area (Å²) in [5.74, 6) is 0.420. The number of nitrogens with two attached hydrogens (primary N) is 1. The number of pyridine rings is 1. The van der Waals surface area contributed by atoms with Gasteiger partial charge in [-0.05, 0) is 37.8 Å². The number of amides is 1. The molecule has 11 heteroatoms. The van der Waals surface area contributed by atoms with Crippen LogP contribution in [0.25, 0.3) is 5.65 Å². The lowest BCUT2D eigenvalue weighted by Gasteiger charge is -2.36. The van der Waals surface area contributed by atoms with E-state index in [9.17, 15) is 18.0 Å². The number of nitrogens with one attached hydrogen (secondary N) is 1. The van der Waals surface area contributed by atoms with Crippen molar-refractivity contribution in [1.29, 1.82) is 0 Å². The summed E-state index contributed by atoms with van der Waals surface area (Å²) in [5.41, 5.74) is 5.25. The molecule has 160 valence electrons. The van der Waals surface area contributed by atoms with Gasteiger partial charge in [-0.15, -0.1) is 11.3 Å². The number of halogens is 3. The predicted octanol–water partition coefficient (Wildman–Crippen LogP) is 3.57. The molecule has 0 unspecified atom stereocenters. The van der Waals surface area contributed by atoms with Gasteiger partial charge in [0.25, 0.3) is 5.91 Å². The first-order chi connectivity index (χ1) is 14.2. The Hall–Kier alpha value is -2.82. The lowest BCUT2D eigenvalue weighted by atomic mass is 9.90. The third kappa shape index (κ3) is 4.07. The van der Waals surface area contributed by atoms with Crippen LogP contribution in [0.5, 0.6) is 0 Å². The van der Waals surface area contributed by atoms with E-state index >= 15 is 0 Å². The average Bonchev–Trinajstić information content (AvgIpc) is 3.34. The van der Waals surface area contributed by atoms with Gasteiger partial charge < -0.3 is 16.0 Å². The number of alkyl halides is 3. The Labute approximate surface area is 174 Å². The van der Waals surface area contributed by atoms with E-state index in [2.05, 4.69) is 15.3 Å². The summed E-state index contributed by atoms with van der Waals surface area (Å²) in [6, 6.07) is 5.24. The third-order valence-electron chi connectivity index (χ3n) is 5.46. The first kappa shape index (κ1) is 20.5. The van der Waals surface area contributed by atoms with Gasteiger partial charge in [0.05, 0.1) is 0 Å². The van der Waals surface area contributed by atoms with Gasteiger partial charge in [-0.25, -0.2) is 9.97 Å². The number of hydrogen-bond acceptors (Lipinski definition) is 6. The molecule has 30 heavy (non-hydrogen) atoms. The number of aromatic nitrogens is 3. The van der Waals surface area contributed by atoms with Crippen LogP contribution in [-0.2, 0) is 6.18 Å². The van der Waals surface area contributed by atoms with Crippen LogP contribution in [0.2, 0.25) is 0 Å². The lowest BCUT2D eigenvalue weighted by Crippen LogP contribution is -2.43. The molecule has 1 fully saturated rings. The molecule has 0 aliphatic heterocycles. The zero-order valence-corrected chi connectivity index (χ0v) is 17.0. The van der Waals surface area contributed by atoms with E-state index in [0.29, 0.717) is 16.6 Å². The molecular formula is C19H21F3N6OS. The second-order valence-corrected chi connectivity index (χ2v) is 8.29. The fourth-order valence-corrected chi connectivity index (χ4v) is 4.41. The molecule has 0 spiro atoms. The summed E-state index contributed by atoms with van der Waals surface area (Å²) in [7, 11) is 1.88. The summed E-state index contributed by atoms with van der Waals surface area (Å²) in [6.07, 6.45) is -0.301. The summed E-state index contributed by atoms with van der Waals surface area (Å²) in [4.78, 5) is 21.9. The Bertz CT molecular complexity index is 1050. The maximum absolute atomic E-state index is 13.1. The quantitative estimate of drug-likeness (QED) is 0.650. The highest BCUT2D eigenvalue weighted by Crippen LogP contribution is 2.31. The number of nitrogen functional groups attached to an aromatic ring is 1. The number of rotatable bonds is 4. The number of nitrogens with zero attached hydrogens (tertiary/aromatic N) is 4. The van der Waals surface area contributed by atoms with E-state index < -0.39 is 11.9 Å². The zero-order chi connectivity index (χ0) is 21.5. The maximum Gasteiger partial charge on any atom is 0.434 e. The predicted molar refractivity (Wildman–Crippen MR) is 109 cm³/mol. The molecule has 0 radical (unpaired) electrons. The van der Waals surface area contributed by atoms with Gasteiger partial charge in [0.2, 0.25) is 0 Å². The van der Waals surface area contributed by atoms with Crippen molar-refractivity contribution in [3.05, 3.63) is 41.2 Å². The normalized spacial score (nSPS) is 19.7. The van der Waals surface area contributed by atoms with E-state index in [-0.39, 0.29) is 23.6 Å². The van der Waals surface area contributed by atoms with E-state index in [1.807, 2.05) is 11.9 Å². The molecule has 0 bridgehead atoms. The van der Waals surface area contributed by atoms with Gasteiger partial charge in [0.15, 0.2) is 10.8 Å². The highest BCUT2D eigenvalue weighted by molar-refractivity contribution is 7.13. The molecular weight excluding hydrogens is 417 g/mol. The molecule has 1 aliphatic carbocycles. The maximum atomic E-state index is 13.1. The fourth-order valence-electron chi connectivity index (χ4n) is 3.87. The molecule has 0 saturated heterocycles. The Kier molecular flexibility index (Phi) is 5.31. The number of imidazole rings is 1. The SMILES string of the molecule is CN(c1cccc2nc(C(F)(F)F)cn12)C1CCC(NC(=O)c2csc(N)n2)CC1. The molecule has 4 rings (SSSR count). The summed E-state index contributed by atoms with van der Waals surface area (Å²) in [6.45, 7) is 0. The first-order valence-electron chi connectivity index (χ1n) is 9.52. The molecule has 3 aromatic heterocycles. The minimum Gasteiger partial charge on any atom is -0.375 e. The Morgan fingerprint density at radius 2 is 2.00 bits per heavy atom. The second kappa shape index (κ2) is 7.78. The van der Waals surface area contributed by atoms with Gasteiger partial charge in [0, 0.05) is 30.7 Å². The summed E-state index contributed by atoms with van der Waals surface area (Å²) >= 11 is 1.22. The number of carbonyl (C=O) groups is 1. The van der Waals surface area contributed by atoms with Crippen molar-refractivity contribution in [3.63, 3.8) is 0 Å². The van der Waals surface area contributed by atoms with Crippen molar-refractivity contribution in [2.24, 2.45) is 0 Å². The van der Waals surface area contributed by atoms with Crippen molar-refractivity contribution in [2.75, 3.05) is 17.7 Å². The standard InChI is InChI=1S/C19H21F3N6OS/c1-27(16-4-2-3-15-26-14(9-28(15)16)19(20,21)22)12-7-5-11(6-8-12)24-17(29)13-10-30-18(23)25-13/h2-4,9-12H,5-8H2,1H3,(H2,23,25)(H,24,29). The van der Waals surface area contributed by atoms with Crippen LogP contribution < -0.4 is 16.0 Å². The average molecular weight is 438 g/mol. The number of anilines is 2.